The lowest BCUT2D eigenvalue weighted by Gasteiger charge is -2.17. The summed E-state index contributed by atoms with van der Waals surface area (Å²) in [5.41, 5.74) is 7.54. The van der Waals surface area contributed by atoms with Crippen molar-refractivity contribution < 1.29 is 14.6 Å². The second-order valence-corrected chi connectivity index (χ2v) is 3.78. The van der Waals surface area contributed by atoms with Gasteiger partial charge in [0.2, 0.25) is 0 Å². The zero-order valence-electron chi connectivity index (χ0n) is 9.56. The fourth-order valence-corrected chi connectivity index (χ4v) is 1.70. The van der Waals surface area contributed by atoms with Crippen LogP contribution in [-0.2, 0) is 4.79 Å². The molecule has 0 spiro atoms. The second kappa shape index (κ2) is 5.51. The van der Waals surface area contributed by atoms with Crippen LogP contribution in [0.3, 0.4) is 0 Å². The Balaban J connectivity index is 3.06. The van der Waals surface area contributed by atoms with E-state index in [1.807, 2.05) is 25.1 Å². The quantitative estimate of drug-likeness (QED) is 0.793. The van der Waals surface area contributed by atoms with Crippen LogP contribution in [0, 0.1) is 6.92 Å². The van der Waals surface area contributed by atoms with E-state index in [0.717, 1.165) is 11.1 Å². The monoisotopic (exact) mass is 223 g/mol. The van der Waals surface area contributed by atoms with E-state index in [9.17, 15) is 4.79 Å². The Hall–Kier alpha value is -1.55. The van der Waals surface area contributed by atoms with Crippen molar-refractivity contribution in [3.63, 3.8) is 0 Å². The molecule has 88 valence electrons. The van der Waals surface area contributed by atoms with Crippen molar-refractivity contribution in [2.24, 2.45) is 5.73 Å². The molecule has 0 bridgehead atoms. The van der Waals surface area contributed by atoms with Gasteiger partial charge in [0.05, 0.1) is 13.5 Å². The summed E-state index contributed by atoms with van der Waals surface area (Å²) in [5.74, 6) is -0.353. The summed E-state index contributed by atoms with van der Waals surface area (Å²) in [6.07, 6.45) is 0.0241. The Morgan fingerprint density at radius 1 is 1.56 bits per heavy atom. The number of benzene rings is 1. The second-order valence-electron chi connectivity index (χ2n) is 3.78. The Bertz CT molecular complexity index is 377. The number of nitrogens with two attached hydrogens (primary N) is 1. The largest absolute Gasteiger partial charge is 0.496 e. The first-order chi connectivity index (χ1) is 7.58. The maximum Gasteiger partial charge on any atom is 0.304 e. The highest BCUT2D eigenvalue weighted by Gasteiger charge is 2.18. The maximum absolute atomic E-state index is 10.7. The standard InChI is InChI=1S/C12H17NO3/c1-8-3-4-11(16-2)10(5-8)9(7-13)6-12(14)15/h3-5,9H,6-7,13H2,1-2H3,(H,14,15). The summed E-state index contributed by atoms with van der Waals surface area (Å²) in [5, 5.41) is 8.81. The Kier molecular flexibility index (Phi) is 4.31. The number of methoxy groups -OCH3 is 1. The molecule has 16 heavy (non-hydrogen) atoms. The van der Waals surface area contributed by atoms with E-state index in [0.29, 0.717) is 12.3 Å². The molecule has 0 aliphatic carbocycles. The number of carbonyl (C=O) groups is 1. The van der Waals surface area contributed by atoms with Crippen molar-refractivity contribution >= 4 is 5.97 Å². The molecule has 0 radical (unpaired) electrons. The summed E-state index contributed by atoms with van der Waals surface area (Å²) in [6, 6.07) is 5.70. The molecule has 0 saturated heterocycles. The van der Waals surface area contributed by atoms with Crippen LogP contribution in [-0.4, -0.2) is 24.7 Å². The molecule has 1 unspecified atom stereocenters. The molecule has 0 aliphatic rings. The molecule has 0 fully saturated rings. The molecule has 1 atom stereocenters. The molecule has 3 N–H and O–H groups in total. The molecular formula is C12H17NO3. The van der Waals surface area contributed by atoms with Crippen LogP contribution in [0.2, 0.25) is 0 Å². The van der Waals surface area contributed by atoms with Gasteiger partial charge >= 0.3 is 5.97 Å². The predicted molar refractivity (Wildman–Crippen MR) is 61.8 cm³/mol. The third-order valence-corrected chi connectivity index (χ3v) is 2.53. The number of ether oxygens (including phenoxy) is 1. The smallest absolute Gasteiger partial charge is 0.304 e. The van der Waals surface area contributed by atoms with Gasteiger partial charge in [-0.15, -0.1) is 0 Å². The van der Waals surface area contributed by atoms with Crippen LogP contribution < -0.4 is 10.5 Å². The molecule has 1 aromatic carbocycles. The molecule has 1 aromatic rings. The first-order valence-corrected chi connectivity index (χ1v) is 5.15. The number of aliphatic carboxylic acids is 1. The van der Waals surface area contributed by atoms with Gasteiger partial charge in [-0.2, -0.15) is 0 Å². The van der Waals surface area contributed by atoms with Crippen LogP contribution in [0.5, 0.6) is 5.75 Å². The van der Waals surface area contributed by atoms with Gasteiger partial charge in [-0.25, -0.2) is 0 Å². The molecule has 4 heteroatoms. The molecule has 0 amide bonds. The van der Waals surface area contributed by atoms with Crippen molar-refractivity contribution in [3.05, 3.63) is 29.3 Å². The number of aryl methyl sites for hydroxylation is 1. The van der Waals surface area contributed by atoms with E-state index in [4.69, 9.17) is 15.6 Å². The van der Waals surface area contributed by atoms with E-state index in [1.165, 1.54) is 0 Å². The Labute approximate surface area is 95.0 Å². The number of hydrogen-bond acceptors (Lipinski definition) is 3. The molecule has 1 rings (SSSR count). The molecule has 0 saturated carbocycles. The highest BCUT2D eigenvalue weighted by atomic mass is 16.5. The highest BCUT2D eigenvalue weighted by Crippen LogP contribution is 2.29. The summed E-state index contributed by atoms with van der Waals surface area (Å²) >= 11 is 0. The van der Waals surface area contributed by atoms with Crippen molar-refractivity contribution in [2.75, 3.05) is 13.7 Å². The molecule has 0 heterocycles. The van der Waals surface area contributed by atoms with Crippen molar-refractivity contribution in [1.82, 2.24) is 0 Å². The predicted octanol–water partition coefficient (Wildman–Crippen LogP) is 1.52. The third kappa shape index (κ3) is 2.97. The lowest BCUT2D eigenvalue weighted by Crippen LogP contribution is -2.17. The minimum absolute atomic E-state index is 0.0241. The first kappa shape index (κ1) is 12.5. The first-order valence-electron chi connectivity index (χ1n) is 5.15. The SMILES string of the molecule is COc1ccc(C)cc1C(CN)CC(=O)O. The van der Waals surface area contributed by atoms with E-state index in [2.05, 4.69) is 0 Å². The van der Waals surface area contributed by atoms with Gasteiger partial charge in [0, 0.05) is 5.92 Å². The van der Waals surface area contributed by atoms with Crippen LogP contribution >= 0.6 is 0 Å². The minimum atomic E-state index is -0.848. The summed E-state index contributed by atoms with van der Waals surface area (Å²) < 4.78 is 5.22. The number of hydrogen-bond donors (Lipinski definition) is 2. The summed E-state index contributed by atoms with van der Waals surface area (Å²) in [7, 11) is 1.57. The van der Waals surface area contributed by atoms with Gasteiger partial charge in [-0.1, -0.05) is 17.7 Å². The number of carboxylic acid groups (broad SMARTS) is 1. The maximum atomic E-state index is 10.7. The van der Waals surface area contributed by atoms with Gasteiger partial charge in [0.25, 0.3) is 0 Å². The molecule has 0 aromatic heterocycles. The summed E-state index contributed by atoms with van der Waals surface area (Å²) in [6.45, 7) is 2.25. The minimum Gasteiger partial charge on any atom is -0.496 e. The molecule has 4 nitrogen and oxygen atoms in total. The van der Waals surface area contributed by atoms with Crippen LogP contribution in [0.1, 0.15) is 23.5 Å². The van der Waals surface area contributed by atoms with Gasteiger partial charge in [0.15, 0.2) is 0 Å². The normalized spacial score (nSPS) is 12.2. The van der Waals surface area contributed by atoms with Gasteiger partial charge < -0.3 is 15.6 Å². The number of carboxylic acids is 1. The lowest BCUT2D eigenvalue weighted by atomic mass is 9.93. The molecule has 0 aliphatic heterocycles. The highest BCUT2D eigenvalue weighted by molar-refractivity contribution is 5.68. The Morgan fingerprint density at radius 3 is 2.75 bits per heavy atom. The van der Waals surface area contributed by atoms with E-state index >= 15 is 0 Å². The van der Waals surface area contributed by atoms with Crippen molar-refractivity contribution in [3.8, 4) is 5.75 Å². The molecular weight excluding hydrogens is 206 g/mol. The topological polar surface area (TPSA) is 72.5 Å². The number of rotatable bonds is 5. The lowest BCUT2D eigenvalue weighted by molar-refractivity contribution is -0.137. The van der Waals surface area contributed by atoms with Gasteiger partial charge in [-0.05, 0) is 25.1 Å². The van der Waals surface area contributed by atoms with Crippen LogP contribution in [0.4, 0.5) is 0 Å². The van der Waals surface area contributed by atoms with Crippen LogP contribution in [0.15, 0.2) is 18.2 Å². The zero-order chi connectivity index (χ0) is 12.1. The van der Waals surface area contributed by atoms with E-state index in [-0.39, 0.29) is 12.3 Å². The third-order valence-electron chi connectivity index (χ3n) is 2.53. The average molecular weight is 223 g/mol. The zero-order valence-corrected chi connectivity index (χ0v) is 9.56. The van der Waals surface area contributed by atoms with E-state index < -0.39 is 5.97 Å². The Morgan fingerprint density at radius 2 is 2.25 bits per heavy atom. The van der Waals surface area contributed by atoms with Crippen molar-refractivity contribution in [1.29, 1.82) is 0 Å². The van der Waals surface area contributed by atoms with Gasteiger partial charge in [-0.3, -0.25) is 4.79 Å². The van der Waals surface area contributed by atoms with Gasteiger partial charge in [0.1, 0.15) is 5.75 Å². The van der Waals surface area contributed by atoms with E-state index in [1.54, 1.807) is 7.11 Å². The fraction of sp³-hybridized carbons (Fsp3) is 0.417. The fourth-order valence-electron chi connectivity index (χ4n) is 1.70. The van der Waals surface area contributed by atoms with Crippen molar-refractivity contribution in [2.45, 2.75) is 19.3 Å². The summed E-state index contributed by atoms with van der Waals surface area (Å²) in [4.78, 5) is 10.7. The van der Waals surface area contributed by atoms with Crippen LogP contribution in [0.25, 0.3) is 0 Å². The average Bonchev–Trinajstić information content (AvgIpc) is 2.25.